The summed E-state index contributed by atoms with van der Waals surface area (Å²) in [5, 5.41) is 0. The van der Waals surface area contributed by atoms with Crippen LogP contribution in [0, 0.1) is 5.41 Å². The highest BCUT2D eigenvalue weighted by atomic mass is 32.2. The van der Waals surface area contributed by atoms with Crippen LogP contribution in [-0.2, 0) is 22.7 Å². The quantitative estimate of drug-likeness (QED) is 0.894. The van der Waals surface area contributed by atoms with Crippen LogP contribution in [0.4, 0.5) is 18.9 Å². The standard InChI is InChI=1S/C13H19F3N2O2S/c1-12(2,3)8-21(19,20)18-11-5-4-9(7-17)6-10(11)13(14,15)16/h4-6,18H,7-8,17H2,1-3H3. The maximum absolute atomic E-state index is 13.0. The lowest BCUT2D eigenvalue weighted by molar-refractivity contribution is -0.136. The molecule has 0 saturated carbocycles. The van der Waals surface area contributed by atoms with E-state index in [0.29, 0.717) is 0 Å². The van der Waals surface area contributed by atoms with Crippen molar-refractivity contribution in [2.24, 2.45) is 11.1 Å². The van der Waals surface area contributed by atoms with Crippen molar-refractivity contribution >= 4 is 15.7 Å². The van der Waals surface area contributed by atoms with Crippen molar-refractivity contribution in [1.82, 2.24) is 0 Å². The fourth-order valence-electron chi connectivity index (χ4n) is 1.82. The zero-order chi connectivity index (χ0) is 16.5. The summed E-state index contributed by atoms with van der Waals surface area (Å²) in [7, 11) is -3.88. The minimum Gasteiger partial charge on any atom is -0.326 e. The Balaban J connectivity index is 3.20. The van der Waals surface area contributed by atoms with Gasteiger partial charge in [0.05, 0.1) is 17.0 Å². The highest BCUT2D eigenvalue weighted by Gasteiger charge is 2.35. The predicted molar refractivity (Wildman–Crippen MR) is 76.2 cm³/mol. The first kappa shape index (κ1) is 17.8. The minimum absolute atomic E-state index is 0.0574. The Bertz CT molecular complexity index is 605. The molecule has 0 atom stereocenters. The Morgan fingerprint density at radius 3 is 2.19 bits per heavy atom. The maximum Gasteiger partial charge on any atom is 0.418 e. The Labute approximate surface area is 122 Å². The number of nitrogens with two attached hydrogens (primary N) is 1. The fourth-order valence-corrected chi connectivity index (χ4v) is 3.54. The second kappa shape index (κ2) is 5.84. The van der Waals surface area contributed by atoms with Gasteiger partial charge in [-0.3, -0.25) is 4.72 Å². The minimum atomic E-state index is -4.66. The van der Waals surface area contributed by atoms with E-state index < -0.39 is 32.9 Å². The topological polar surface area (TPSA) is 72.2 Å². The van der Waals surface area contributed by atoms with Crippen LogP contribution in [-0.4, -0.2) is 14.2 Å². The van der Waals surface area contributed by atoms with Crippen LogP contribution in [0.1, 0.15) is 31.9 Å². The number of alkyl halides is 3. The van der Waals surface area contributed by atoms with Crippen molar-refractivity contribution in [3.8, 4) is 0 Å². The second-order valence-corrected chi connectivity index (χ2v) is 7.73. The zero-order valence-electron chi connectivity index (χ0n) is 12.1. The van der Waals surface area contributed by atoms with Crippen molar-refractivity contribution < 1.29 is 21.6 Å². The molecule has 0 amide bonds. The second-order valence-electron chi connectivity index (χ2n) is 6.00. The van der Waals surface area contributed by atoms with Crippen LogP contribution in [0.15, 0.2) is 18.2 Å². The van der Waals surface area contributed by atoms with E-state index in [4.69, 9.17) is 5.73 Å². The summed E-state index contributed by atoms with van der Waals surface area (Å²) in [5.74, 6) is -0.282. The molecular weight excluding hydrogens is 305 g/mol. The van der Waals surface area contributed by atoms with Gasteiger partial charge in [-0.1, -0.05) is 26.8 Å². The van der Waals surface area contributed by atoms with Gasteiger partial charge in [-0.25, -0.2) is 8.42 Å². The van der Waals surface area contributed by atoms with Crippen LogP contribution in [0.3, 0.4) is 0 Å². The lowest BCUT2D eigenvalue weighted by Crippen LogP contribution is -2.27. The number of hydrogen-bond donors (Lipinski definition) is 2. The Hall–Kier alpha value is -1.28. The van der Waals surface area contributed by atoms with Gasteiger partial charge in [-0.05, 0) is 23.1 Å². The summed E-state index contributed by atoms with van der Waals surface area (Å²) in [6, 6.07) is 3.31. The molecule has 0 saturated heterocycles. The number of hydrogen-bond acceptors (Lipinski definition) is 3. The van der Waals surface area contributed by atoms with Gasteiger partial charge in [0.2, 0.25) is 10.0 Å². The van der Waals surface area contributed by atoms with Gasteiger partial charge in [-0.15, -0.1) is 0 Å². The van der Waals surface area contributed by atoms with Crippen molar-refractivity contribution in [1.29, 1.82) is 0 Å². The summed E-state index contributed by atoms with van der Waals surface area (Å²) in [6.45, 7) is 5.01. The molecule has 0 spiro atoms. The summed E-state index contributed by atoms with van der Waals surface area (Å²) in [6.07, 6.45) is -4.66. The number of nitrogens with one attached hydrogen (secondary N) is 1. The molecule has 0 heterocycles. The van der Waals surface area contributed by atoms with Crippen LogP contribution in [0.2, 0.25) is 0 Å². The van der Waals surface area contributed by atoms with Crippen molar-refractivity contribution in [3.63, 3.8) is 0 Å². The van der Waals surface area contributed by atoms with Crippen LogP contribution < -0.4 is 10.5 Å². The number of rotatable bonds is 4. The molecule has 0 aliphatic carbocycles. The molecule has 0 bridgehead atoms. The van der Waals surface area contributed by atoms with Gasteiger partial charge in [-0.2, -0.15) is 13.2 Å². The molecule has 3 N–H and O–H groups in total. The first-order valence-corrected chi connectivity index (χ1v) is 7.90. The molecule has 1 aromatic rings. The van der Waals surface area contributed by atoms with Gasteiger partial charge >= 0.3 is 6.18 Å². The molecule has 0 aliphatic heterocycles. The number of anilines is 1. The van der Waals surface area contributed by atoms with Crippen molar-refractivity contribution in [2.45, 2.75) is 33.5 Å². The number of sulfonamides is 1. The zero-order valence-corrected chi connectivity index (χ0v) is 12.9. The van der Waals surface area contributed by atoms with Gasteiger partial charge in [0, 0.05) is 6.54 Å². The lowest BCUT2D eigenvalue weighted by Gasteiger charge is -2.20. The number of benzene rings is 1. The Morgan fingerprint density at radius 1 is 1.19 bits per heavy atom. The smallest absolute Gasteiger partial charge is 0.326 e. The van der Waals surface area contributed by atoms with Gasteiger partial charge in [0.25, 0.3) is 0 Å². The van der Waals surface area contributed by atoms with E-state index in [9.17, 15) is 21.6 Å². The van der Waals surface area contributed by atoms with Gasteiger partial charge < -0.3 is 5.73 Å². The van der Waals surface area contributed by atoms with Gasteiger partial charge in [0.15, 0.2) is 0 Å². The van der Waals surface area contributed by atoms with E-state index in [2.05, 4.69) is 0 Å². The van der Waals surface area contributed by atoms with Crippen molar-refractivity contribution in [2.75, 3.05) is 10.5 Å². The molecule has 0 aromatic heterocycles. The van der Waals surface area contributed by atoms with E-state index in [-0.39, 0.29) is 17.9 Å². The van der Waals surface area contributed by atoms with Crippen LogP contribution in [0.25, 0.3) is 0 Å². The molecule has 0 fully saturated rings. The third-order valence-corrected chi connectivity index (χ3v) is 4.29. The molecule has 1 rings (SSSR count). The van der Waals surface area contributed by atoms with E-state index in [1.807, 2.05) is 4.72 Å². The maximum atomic E-state index is 13.0. The molecule has 4 nitrogen and oxygen atoms in total. The third kappa shape index (κ3) is 5.55. The average Bonchev–Trinajstić information content (AvgIpc) is 2.24. The van der Waals surface area contributed by atoms with E-state index >= 15 is 0 Å². The molecule has 0 aliphatic rings. The predicted octanol–water partition coefficient (Wildman–Crippen LogP) is 2.95. The number of halogens is 3. The van der Waals surface area contributed by atoms with Crippen LogP contribution in [0.5, 0.6) is 0 Å². The molecule has 1 aromatic carbocycles. The molecule has 8 heteroatoms. The SMILES string of the molecule is CC(C)(C)CS(=O)(=O)Nc1ccc(CN)cc1C(F)(F)F. The normalized spacial score (nSPS) is 13.3. The van der Waals surface area contributed by atoms with Gasteiger partial charge in [0.1, 0.15) is 0 Å². The largest absolute Gasteiger partial charge is 0.418 e. The summed E-state index contributed by atoms with van der Waals surface area (Å²) in [5.41, 5.74) is 3.51. The van der Waals surface area contributed by atoms with E-state index in [0.717, 1.165) is 12.1 Å². The molecule has 0 radical (unpaired) electrons. The highest BCUT2D eigenvalue weighted by molar-refractivity contribution is 7.92. The molecule has 120 valence electrons. The summed E-state index contributed by atoms with van der Waals surface area (Å²) in [4.78, 5) is 0. The lowest BCUT2D eigenvalue weighted by atomic mass is 10.0. The van der Waals surface area contributed by atoms with E-state index in [1.165, 1.54) is 6.07 Å². The van der Waals surface area contributed by atoms with E-state index in [1.54, 1.807) is 20.8 Å². The Kier molecular flexibility index (Phi) is 4.94. The molecule has 21 heavy (non-hydrogen) atoms. The Morgan fingerprint density at radius 2 is 1.76 bits per heavy atom. The first-order valence-electron chi connectivity index (χ1n) is 6.25. The molecule has 0 unspecified atom stereocenters. The van der Waals surface area contributed by atoms with Crippen molar-refractivity contribution in [3.05, 3.63) is 29.3 Å². The first-order chi connectivity index (χ1) is 9.34. The monoisotopic (exact) mass is 324 g/mol. The third-order valence-electron chi connectivity index (χ3n) is 2.51. The summed E-state index contributed by atoms with van der Waals surface area (Å²) < 4.78 is 64.9. The molecular formula is C13H19F3N2O2S. The fraction of sp³-hybridized carbons (Fsp3) is 0.538. The average molecular weight is 324 g/mol. The van der Waals surface area contributed by atoms with Crippen LogP contribution >= 0.6 is 0 Å². The summed E-state index contributed by atoms with van der Waals surface area (Å²) >= 11 is 0. The highest BCUT2D eigenvalue weighted by Crippen LogP contribution is 2.36.